The van der Waals surface area contributed by atoms with Crippen LogP contribution in [-0.4, -0.2) is 47.0 Å². The first kappa shape index (κ1) is 16.7. The van der Waals surface area contributed by atoms with Crippen LogP contribution in [0.5, 0.6) is 0 Å². The Balaban J connectivity index is 1.52. The lowest BCUT2D eigenvalue weighted by atomic mass is 10.0. The maximum atomic E-state index is 12.4. The van der Waals surface area contributed by atoms with Crippen molar-refractivity contribution >= 4 is 5.91 Å². The molecule has 128 valence electrons. The van der Waals surface area contributed by atoms with Gasteiger partial charge in [0.1, 0.15) is 5.76 Å². The van der Waals surface area contributed by atoms with Crippen LogP contribution in [0.25, 0.3) is 0 Å². The molecule has 1 amide bonds. The second-order valence-electron chi connectivity index (χ2n) is 6.79. The summed E-state index contributed by atoms with van der Waals surface area (Å²) in [6.45, 7) is 10.4. The number of rotatable bonds is 4. The maximum Gasteiger partial charge on any atom is 0.276 e. The van der Waals surface area contributed by atoms with Crippen LogP contribution >= 0.6 is 0 Å². The zero-order valence-corrected chi connectivity index (χ0v) is 14.7. The number of aromatic nitrogens is 1. The van der Waals surface area contributed by atoms with Gasteiger partial charge in [-0.3, -0.25) is 9.69 Å². The van der Waals surface area contributed by atoms with Gasteiger partial charge in [-0.05, 0) is 24.0 Å². The van der Waals surface area contributed by atoms with Crippen LogP contribution in [0.3, 0.4) is 0 Å². The van der Waals surface area contributed by atoms with Crippen LogP contribution in [0, 0.1) is 6.92 Å². The van der Waals surface area contributed by atoms with Crippen molar-refractivity contribution in [3.05, 3.63) is 52.9 Å². The molecule has 0 saturated carbocycles. The Morgan fingerprint density at radius 3 is 2.38 bits per heavy atom. The Morgan fingerprint density at radius 2 is 1.83 bits per heavy atom. The SMILES string of the molecule is Cc1cc(C(=O)N2CCN(Cc3ccc(C(C)C)cc3)CC2)no1. The van der Waals surface area contributed by atoms with Crippen LogP contribution < -0.4 is 0 Å². The van der Waals surface area contributed by atoms with E-state index in [0.717, 1.165) is 32.7 Å². The van der Waals surface area contributed by atoms with E-state index in [2.05, 4.69) is 48.2 Å². The van der Waals surface area contributed by atoms with Crippen LogP contribution in [0.15, 0.2) is 34.9 Å². The van der Waals surface area contributed by atoms with Gasteiger partial charge < -0.3 is 9.42 Å². The van der Waals surface area contributed by atoms with Gasteiger partial charge in [0.15, 0.2) is 5.69 Å². The van der Waals surface area contributed by atoms with E-state index in [1.165, 1.54) is 11.1 Å². The quantitative estimate of drug-likeness (QED) is 0.866. The van der Waals surface area contributed by atoms with E-state index in [4.69, 9.17) is 4.52 Å². The molecule has 1 aromatic carbocycles. The lowest BCUT2D eigenvalue weighted by Crippen LogP contribution is -2.48. The molecule has 2 aromatic rings. The highest BCUT2D eigenvalue weighted by atomic mass is 16.5. The predicted molar refractivity (Wildman–Crippen MR) is 93.0 cm³/mol. The summed E-state index contributed by atoms with van der Waals surface area (Å²) in [5.74, 6) is 1.20. The molecule has 0 radical (unpaired) electrons. The average molecular weight is 327 g/mol. The molecule has 1 fully saturated rings. The van der Waals surface area contributed by atoms with Crippen molar-refractivity contribution in [1.29, 1.82) is 0 Å². The minimum Gasteiger partial charge on any atom is -0.361 e. The zero-order chi connectivity index (χ0) is 17.1. The van der Waals surface area contributed by atoms with Gasteiger partial charge in [0.05, 0.1) is 0 Å². The molecule has 1 aliphatic heterocycles. The number of carbonyl (C=O) groups is 1. The number of piperazine rings is 1. The van der Waals surface area contributed by atoms with Crippen molar-refractivity contribution in [2.75, 3.05) is 26.2 Å². The molecule has 0 bridgehead atoms. The summed E-state index contributed by atoms with van der Waals surface area (Å²) in [6.07, 6.45) is 0. The molecule has 0 aliphatic carbocycles. The van der Waals surface area contributed by atoms with Crippen LogP contribution in [0.2, 0.25) is 0 Å². The molecule has 0 atom stereocenters. The van der Waals surface area contributed by atoms with Gasteiger partial charge >= 0.3 is 0 Å². The van der Waals surface area contributed by atoms with Crippen LogP contribution in [0.4, 0.5) is 0 Å². The number of aryl methyl sites for hydroxylation is 1. The van der Waals surface area contributed by atoms with E-state index >= 15 is 0 Å². The fourth-order valence-electron chi connectivity index (χ4n) is 3.00. The molecule has 2 heterocycles. The molecule has 3 rings (SSSR count). The summed E-state index contributed by atoms with van der Waals surface area (Å²) in [5.41, 5.74) is 3.11. The fourth-order valence-corrected chi connectivity index (χ4v) is 3.00. The molecule has 5 nitrogen and oxygen atoms in total. The third kappa shape index (κ3) is 3.85. The standard InChI is InChI=1S/C19H25N3O2/c1-14(2)17-6-4-16(5-7-17)13-21-8-10-22(11-9-21)19(23)18-12-15(3)24-20-18/h4-7,12,14H,8-11,13H2,1-3H3. The van der Waals surface area contributed by atoms with Gasteiger partial charge in [-0.1, -0.05) is 43.3 Å². The number of carbonyl (C=O) groups excluding carboxylic acids is 1. The lowest BCUT2D eigenvalue weighted by molar-refractivity contribution is 0.0618. The van der Waals surface area contributed by atoms with E-state index in [-0.39, 0.29) is 5.91 Å². The van der Waals surface area contributed by atoms with Crippen LogP contribution in [0.1, 0.15) is 47.1 Å². The predicted octanol–water partition coefficient (Wildman–Crippen LogP) is 3.06. The first-order valence-corrected chi connectivity index (χ1v) is 8.56. The van der Waals surface area contributed by atoms with Crippen molar-refractivity contribution in [2.45, 2.75) is 33.2 Å². The van der Waals surface area contributed by atoms with E-state index in [9.17, 15) is 4.79 Å². The Labute approximate surface area is 143 Å². The largest absolute Gasteiger partial charge is 0.361 e. The van der Waals surface area contributed by atoms with Gasteiger partial charge in [0.2, 0.25) is 0 Å². The molecule has 0 N–H and O–H groups in total. The smallest absolute Gasteiger partial charge is 0.276 e. The molecule has 0 spiro atoms. The van der Waals surface area contributed by atoms with Crippen molar-refractivity contribution in [1.82, 2.24) is 15.0 Å². The summed E-state index contributed by atoms with van der Waals surface area (Å²) >= 11 is 0. The molecule has 1 aliphatic rings. The number of nitrogens with zero attached hydrogens (tertiary/aromatic N) is 3. The Kier molecular flexibility index (Phi) is 5.00. The average Bonchev–Trinajstić information content (AvgIpc) is 3.02. The number of hydrogen-bond acceptors (Lipinski definition) is 4. The Morgan fingerprint density at radius 1 is 1.17 bits per heavy atom. The van der Waals surface area contributed by atoms with Crippen molar-refractivity contribution in [3.8, 4) is 0 Å². The Bertz CT molecular complexity index is 683. The van der Waals surface area contributed by atoms with E-state index < -0.39 is 0 Å². The second-order valence-corrected chi connectivity index (χ2v) is 6.79. The zero-order valence-electron chi connectivity index (χ0n) is 14.7. The first-order valence-electron chi connectivity index (χ1n) is 8.56. The maximum absolute atomic E-state index is 12.4. The van der Waals surface area contributed by atoms with Gasteiger partial charge in [0, 0.05) is 38.8 Å². The summed E-state index contributed by atoms with van der Waals surface area (Å²) in [5, 5.41) is 3.82. The Hall–Kier alpha value is -2.14. The first-order chi connectivity index (χ1) is 11.5. The van der Waals surface area contributed by atoms with Crippen LogP contribution in [-0.2, 0) is 6.54 Å². The number of amides is 1. The van der Waals surface area contributed by atoms with Gasteiger partial charge in [-0.2, -0.15) is 0 Å². The number of benzene rings is 1. The summed E-state index contributed by atoms with van der Waals surface area (Å²) in [6, 6.07) is 10.6. The number of hydrogen-bond donors (Lipinski definition) is 0. The fraction of sp³-hybridized carbons (Fsp3) is 0.474. The minimum atomic E-state index is -0.0345. The molecular weight excluding hydrogens is 302 g/mol. The van der Waals surface area contributed by atoms with Crippen molar-refractivity contribution < 1.29 is 9.32 Å². The van der Waals surface area contributed by atoms with Crippen molar-refractivity contribution in [3.63, 3.8) is 0 Å². The summed E-state index contributed by atoms with van der Waals surface area (Å²) < 4.78 is 5.00. The monoisotopic (exact) mass is 327 g/mol. The third-order valence-electron chi connectivity index (χ3n) is 4.56. The van der Waals surface area contributed by atoms with Gasteiger partial charge in [-0.15, -0.1) is 0 Å². The highest BCUT2D eigenvalue weighted by Gasteiger charge is 2.24. The highest BCUT2D eigenvalue weighted by molar-refractivity contribution is 5.92. The molecule has 1 saturated heterocycles. The summed E-state index contributed by atoms with van der Waals surface area (Å²) in [7, 11) is 0. The topological polar surface area (TPSA) is 49.6 Å². The van der Waals surface area contributed by atoms with E-state index in [1.807, 2.05) is 4.90 Å². The molecule has 0 unspecified atom stereocenters. The van der Waals surface area contributed by atoms with Gasteiger partial charge in [-0.25, -0.2) is 0 Å². The minimum absolute atomic E-state index is 0.0345. The van der Waals surface area contributed by atoms with E-state index in [1.54, 1.807) is 13.0 Å². The van der Waals surface area contributed by atoms with E-state index in [0.29, 0.717) is 17.4 Å². The second kappa shape index (κ2) is 7.18. The molecule has 5 heteroatoms. The lowest BCUT2D eigenvalue weighted by Gasteiger charge is -2.34. The highest BCUT2D eigenvalue weighted by Crippen LogP contribution is 2.16. The van der Waals surface area contributed by atoms with Gasteiger partial charge in [0.25, 0.3) is 5.91 Å². The molecular formula is C19H25N3O2. The summed E-state index contributed by atoms with van der Waals surface area (Å²) in [4.78, 5) is 16.6. The normalized spacial score (nSPS) is 15.9. The van der Waals surface area contributed by atoms with Crippen molar-refractivity contribution in [2.24, 2.45) is 0 Å². The molecule has 24 heavy (non-hydrogen) atoms. The molecule has 1 aromatic heterocycles. The third-order valence-corrected chi connectivity index (χ3v) is 4.56.